The van der Waals surface area contributed by atoms with Crippen molar-refractivity contribution < 1.29 is 4.42 Å². The topological polar surface area (TPSA) is 13.1 Å². The van der Waals surface area contributed by atoms with E-state index < -0.39 is 0 Å². The molecule has 1 aromatic heterocycles. The lowest BCUT2D eigenvalue weighted by molar-refractivity contribution is 0.563. The normalized spacial score (nSPS) is 10.6. The monoisotopic (exact) mass is 234 g/mol. The van der Waals surface area contributed by atoms with Crippen molar-refractivity contribution >= 4 is 11.6 Å². The number of halogens is 1. The number of hydrogen-bond donors (Lipinski definition) is 0. The van der Waals surface area contributed by atoms with Gasteiger partial charge >= 0.3 is 0 Å². The van der Waals surface area contributed by atoms with Crippen LogP contribution in [0.15, 0.2) is 41.2 Å². The zero-order valence-electron chi connectivity index (χ0n) is 9.37. The Labute approximate surface area is 101 Å². The summed E-state index contributed by atoms with van der Waals surface area (Å²) in [6, 6.07) is 7.88. The quantitative estimate of drug-likeness (QED) is 0.730. The van der Waals surface area contributed by atoms with Crippen molar-refractivity contribution in [2.24, 2.45) is 0 Å². The lowest BCUT2D eigenvalue weighted by Crippen LogP contribution is -1.85. The van der Waals surface area contributed by atoms with Gasteiger partial charge in [0.2, 0.25) is 0 Å². The summed E-state index contributed by atoms with van der Waals surface area (Å²) >= 11 is 5.87. The van der Waals surface area contributed by atoms with Gasteiger partial charge in [-0.25, -0.2) is 0 Å². The molecule has 0 spiro atoms. The second kappa shape index (κ2) is 5.22. The maximum absolute atomic E-state index is 5.87. The molecule has 0 saturated carbocycles. The molecule has 0 aliphatic heterocycles. The molecule has 1 heterocycles. The minimum absolute atomic E-state index is 0.766. The first kappa shape index (κ1) is 11.3. The van der Waals surface area contributed by atoms with E-state index in [1.807, 2.05) is 36.8 Å². The lowest BCUT2D eigenvalue weighted by atomic mass is 10.0. The molecule has 16 heavy (non-hydrogen) atoms. The molecule has 0 unspecified atom stereocenters. The fourth-order valence-electron chi connectivity index (χ4n) is 1.77. The number of unbranched alkanes of at least 4 members (excludes halogenated alkanes) is 1. The number of furan rings is 1. The molecule has 2 rings (SSSR count). The van der Waals surface area contributed by atoms with Crippen LogP contribution in [0.4, 0.5) is 0 Å². The number of aryl methyl sites for hydroxylation is 1. The van der Waals surface area contributed by atoms with Crippen LogP contribution in [0.25, 0.3) is 11.1 Å². The third-order valence-electron chi connectivity index (χ3n) is 2.70. The summed E-state index contributed by atoms with van der Waals surface area (Å²) in [5, 5.41) is 0.766. The van der Waals surface area contributed by atoms with Crippen molar-refractivity contribution in [1.29, 1.82) is 0 Å². The van der Waals surface area contributed by atoms with Gasteiger partial charge in [0, 0.05) is 10.6 Å². The van der Waals surface area contributed by atoms with E-state index >= 15 is 0 Å². The molecule has 2 aromatic rings. The van der Waals surface area contributed by atoms with Gasteiger partial charge in [0.1, 0.15) is 0 Å². The number of hydrogen-bond acceptors (Lipinski definition) is 1. The molecule has 0 N–H and O–H groups in total. The smallest absolute Gasteiger partial charge is 0.0983 e. The van der Waals surface area contributed by atoms with E-state index in [2.05, 4.69) is 6.92 Å². The van der Waals surface area contributed by atoms with Crippen molar-refractivity contribution in [1.82, 2.24) is 0 Å². The zero-order valence-corrected chi connectivity index (χ0v) is 10.1. The standard InChI is InChI=1S/C14H15ClO/c1-2-3-4-12-9-16-10-14(12)11-5-7-13(15)8-6-11/h5-10H,2-4H2,1H3. The molecule has 1 aromatic carbocycles. The van der Waals surface area contributed by atoms with Crippen molar-refractivity contribution in [2.75, 3.05) is 0 Å². The third-order valence-corrected chi connectivity index (χ3v) is 2.95. The van der Waals surface area contributed by atoms with Crippen molar-refractivity contribution in [3.63, 3.8) is 0 Å². The summed E-state index contributed by atoms with van der Waals surface area (Å²) in [6.45, 7) is 2.20. The van der Waals surface area contributed by atoms with Gasteiger partial charge in [0.05, 0.1) is 12.5 Å². The van der Waals surface area contributed by atoms with Gasteiger partial charge in [-0.2, -0.15) is 0 Å². The van der Waals surface area contributed by atoms with Crippen LogP contribution >= 0.6 is 11.6 Å². The molecule has 0 bridgehead atoms. The summed E-state index contributed by atoms with van der Waals surface area (Å²) in [5.41, 5.74) is 3.64. The summed E-state index contributed by atoms with van der Waals surface area (Å²) < 4.78 is 5.29. The van der Waals surface area contributed by atoms with Gasteiger partial charge in [0.25, 0.3) is 0 Å². The average molecular weight is 235 g/mol. The molecule has 0 aliphatic carbocycles. The van der Waals surface area contributed by atoms with Crippen molar-refractivity contribution in [2.45, 2.75) is 26.2 Å². The molecular formula is C14H15ClO. The van der Waals surface area contributed by atoms with E-state index in [4.69, 9.17) is 16.0 Å². The maximum atomic E-state index is 5.87. The number of benzene rings is 1. The molecule has 84 valence electrons. The van der Waals surface area contributed by atoms with Crippen LogP contribution in [0.2, 0.25) is 5.02 Å². The highest BCUT2D eigenvalue weighted by molar-refractivity contribution is 6.30. The van der Waals surface area contributed by atoms with E-state index in [-0.39, 0.29) is 0 Å². The third kappa shape index (κ3) is 2.48. The Bertz CT molecular complexity index is 442. The van der Waals surface area contributed by atoms with Gasteiger partial charge in [-0.15, -0.1) is 0 Å². The van der Waals surface area contributed by atoms with Crippen molar-refractivity contribution in [3.8, 4) is 11.1 Å². The largest absolute Gasteiger partial charge is 0.472 e. The summed E-state index contributed by atoms with van der Waals surface area (Å²) in [4.78, 5) is 0. The first-order chi connectivity index (χ1) is 7.81. The number of rotatable bonds is 4. The summed E-state index contributed by atoms with van der Waals surface area (Å²) in [7, 11) is 0. The fraction of sp³-hybridized carbons (Fsp3) is 0.286. The fourth-order valence-corrected chi connectivity index (χ4v) is 1.89. The first-order valence-electron chi connectivity index (χ1n) is 5.62. The first-order valence-corrected chi connectivity index (χ1v) is 6.00. The van der Waals surface area contributed by atoms with E-state index in [1.165, 1.54) is 29.5 Å². The van der Waals surface area contributed by atoms with Crippen LogP contribution < -0.4 is 0 Å². The van der Waals surface area contributed by atoms with Crippen LogP contribution in [0.3, 0.4) is 0 Å². The lowest BCUT2D eigenvalue weighted by Gasteiger charge is -2.02. The predicted molar refractivity (Wildman–Crippen MR) is 67.8 cm³/mol. The summed E-state index contributed by atoms with van der Waals surface area (Å²) in [6.07, 6.45) is 7.13. The molecule has 0 saturated heterocycles. The van der Waals surface area contributed by atoms with Crippen LogP contribution in [-0.4, -0.2) is 0 Å². The molecule has 0 aliphatic rings. The maximum Gasteiger partial charge on any atom is 0.0983 e. The molecule has 0 atom stereocenters. The Morgan fingerprint density at radius 1 is 1.12 bits per heavy atom. The second-order valence-electron chi connectivity index (χ2n) is 3.92. The van der Waals surface area contributed by atoms with Crippen LogP contribution in [-0.2, 0) is 6.42 Å². The average Bonchev–Trinajstić information content (AvgIpc) is 2.75. The Kier molecular flexibility index (Phi) is 3.68. The molecule has 0 amide bonds. The summed E-state index contributed by atoms with van der Waals surface area (Å²) in [5.74, 6) is 0. The van der Waals surface area contributed by atoms with Crippen LogP contribution in [0, 0.1) is 0 Å². The van der Waals surface area contributed by atoms with Crippen LogP contribution in [0.5, 0.6) is 0 Å². The molecule has 0 fully saturated rings. The van der Waals surface area contributed by atoms with Gasteiger partial charge in [-0.1, -0.05) is 37.1 Å². The highest BCUT2D eigenvalue weighted by Gasteiger charge is 2.07. The molecule has 2 heteroatoms. The Balaban J connectivity index is 2.26. The zero-order chi connectivity index (χ0) is 11.4. The molecule has 1 nitrogen and oxygen atoms in total. The highest BCUT2D eigenvalue weighted by Crippen LogP contribution is 2.27. The van der Waals surface area contributed by atoms with Gasteiger partial charge in [0.15, 0.2) is 0 Å². The molecule has 0 radical (unpaired) electrons. The van der Waals surface area contributed by atoms with Gasteiger partial charge in [-0.3, -0.25) is 0 Å². The Morgan fingerprint density at radius 3 is 2.56 bits per heavy atom. The predicted octanol–water partition coefficient (Wildman–Crippen LogP) is 4.94. The minimum atomic E-state index is 0.766. The van der Waals surface area contributed by atoms with E-state index in [1.54, 1.807) is 0 Å². The van der Waals surface area contributed by atoms with E-state index in [9.17, 15) is 0 Å². The highest BCUT2D eigenvalue weighted by atomic mass is 35.5. The van der Waals surface area contributed by atoms with E-state index in [0.717, 1.165) is 11.4 Å². The minimum Gasteiger partial charge on any atom is -0.472 e. The van der Waals surface area contributed by atoms with E-state index in [0.29, 0.717) is 0 Å². The Morgan fingerprint density at radius 2 is 1.88 bits per heavy atom. The second-order valence-corrected chi connectivity index (χ2v) is 4.36. The van der Waals surface area contributed by atoms with Crippen LogP contribution in [0.1, 0.15) is 25.3 Å². The van der Waals surface area contributed by atoms with Crippen molar-refractivity contribution in [3.05, 3.63) is 47.4 Å². The molecular weight excluding hydrogens is 220 g/mol. The van der Waals surface area contributed by atoms with Gasteiger partial charge < -0.3 is 4.42 Å². The Hall–Kier alpha value is -1.21. The SMILES string of the molecule is CCCCc1cocc1-c1ccc(Cl)cc1. The van der Waals surface area contributed by atoms with Gasteiger partial charge in [-0.05, 0) is 36.1 Å².